The summed E-state index contributed by atoms with van der Waals surface area (Å²) < 4.78 is 4.80. The van der Waals surface area contributed by atoms with Crippen LogP contribution in [0.5, 0.6) is 0 Å². The van der Waals surface area contributed by atoms with Crippen LogP contribution in [0.25, 0.3) is 0 Å². The highest BCUT2D eigenvalue weighted by molar-refractivity contribution is 5.99. The molecule has 2 amide bonds. The first-order chi connectivity index (χ1) is 8.60. The highest BCUT2D eigenvalue weighted by Crippen LogP contribution is 2.16. The van der Waals surface area contributed by atoms with Crippen molar-refractivity contribution in [3.63, 3.8) is 0 Å². The zero-order valence-electron chi connectivity index (χ0n) is 10.4. The molecule has 0 aromatic heterocycles. The summed E-state index contributed by atoms with van der Waals surface area (Å²) >= 11 is 0. The van der Waals surface area contributed by atoms with Gasteiger partial charge in [-0.3, -0.25) is 9.69 Å². The minimum atomic E-state index is -1.15. The highest BCUT2D eigenvalue weighted by Gasteiger charge is 2.37. The number of amides is 2. The van der Waals surface area contributed by atoms with E-state index < -0.39 is 12.1 Å². The van der Waals surface area contributed by atoms with E-state index >= 15 is 0 Å². The van der Waals surface area contributed by atoms with Crippen molar-refractivity contribution in [2.75, 3.05) is 33.9 Å². The molecule has 0 bridgehead atoms. The van der Waals surface area contributed by atoms with Gasteiger partial charge in [-0.2, -0.15) is 0 Å². The van der Waals surface area contributed by atoms with E-state index in [9.17, 15) is 9.59 Å². The van der Waals surface area contributed by atoms with Crippen molar-refractivity contribution >= 4 is 17.7 Å². The van der Waals surface area contributed by atoms with Gasteiger partial charge in [0.25, 0.3) is 0 Å². The molecule has 8 nitrogen and oxygen atoms in total. The monoisotopic (exact) mass is 259 g/mol. The summed E-state index contributed by atoms with van der Waals surface area (Å²) in [5, 5.41) is 15.3. The van der Waals surface area contributed by atoms with Crippen LogP contribution in [0.1, 0.15) is 6.42 Å². The summed E-state index contributed by atoms with van der Waals surface area (Å²) in [6.45, 7) is 0.812. The Morgan fingerprint density at radius 3 is 2.83 bits per heavy atom. The molecule has 1 atom stereocenters. The summed E-state index contributed by atoms with van der Waals surface area (Å²) in [6, 6.07) is -0.756. The number of carboxylic acid groups (broad SMARTS) is 1. The van der Waals surface area contributed by atoms with Crippen molar-refractivity contribution in [2.24, 2.45) is 5.16 Å². The first-order valence-electron chi connectivity index (χ1n) is 5.45. The molecule has 1 rings (SSSR count). The van der Waals surface area contributed by atoms with Crippen molar-refractivity contribution in [3.8, 4) is 0 Å². The standard InChI is InChI=1S/C10H17N3O5/c1-17-4-3-11-9(14)8-5-7(12-18-2)6-13(8)10(15)16/h8H,3-6H2,1-2H3,(H,11,14)(H,15,16). The van der Waals surface area contributed by atoms with E-state index in [4.69, 9.17) is 9.84 Å². The Bertz CT molecular complexity index is 344. The molecular weight excluding hydrogens is 242 g/mol. The number of oxime groups is 1. The zero-order chi connectivity index (χ0) is 13.5. The van der Waals surface area contributed by atoms with Crippen molar-refractivity contribution in [1.82, 2.24) is 10.2 Å². The largest absolute Gasteiger partial charge is 0.465 e. The van der Waals surface area contributed by atoms with Gasteiger partial charge in [-0.1, -0.05) is 5.16 Å². The van der Waals surface area contributed by atoms with Crippen LogP contribution in [-0.4, -0.2) is 67.7 Å². The third-order valence-corrected chi connectivity index (χ3v) is 2.53. The summed E-state index contributed by atoms with van der Waals surface area (Å²) in [5.74, 6) is -0.351. The normalized spacial score (nSPS) is 21.1. The molecule has 1 aliphatic heterocycles. The van der Waals surface area contributed by atoms with Crippen LogP contribution in [0.4, 0.5) is 4.79 Å². The Balaban J connectivity index is 2.63. The molecule has 0 aromatic carbocycles. The third-order valence-electron chi connectivity index (χ3n) is 2.53. The molecular formula is C10H17N3O5. The lowest BCUT2D eigenvalue weighted by molar-refractivity contribution is -0.125. The Morgan fingerprint density at radius 1 is 1.56 bits per heavy atom. The maximum Gasteiger partial charge on any atom is 0.408 e. The second-order valence-electron chi connectivity index (χ2n) is 3.75. The second kappa shape index (κ2) is 6.80. The number of carbonyl (C=O) groups is 2. The molecule has 2 N–H and O–H groups in total. The van der Waals surface area contributed by atoms with Crippen LogP contribution in [0.15, 0.2) is 5.16 Å². The Hall–Kier alpha value is -1.83. The molecule has 0 radical (unpaired) electrons. The quantitative estimate of drug-likeness (QED) is 0.512. The predicted molar refractivity (Wildman–Crippen MR) is 62.5 cm³/mol. The molecule has 1 unspecified atom stereocenters. The minimum Gasteiger partial charge on any atom is -0.465 e. The number of hydrogen-bond acceptors (Lipinski definition) is 5. The van der Waals surface area contributed by atoms with Crippen molar-refractivity contribution in [1.29, 1.82) is 0 Å². The number of likely N-dealkylation sites (tertiary alicyclic amines) is 1. The van der Waals surface area contributed by atoms with Gasteiger partial charge in [0, 0.05) is 20.1 Å². The van der Waals surface area contributed by atoms with Gasteiger partial charge >= 0.3 is 6.09 Å². The van der Waals surface area contributed by atoms with Gasteiger partial charge < -0.3 is 20.0 Å². The third kappa shape index (κ3) is 3.59. The van der Waals surface area contributed by atoms with Gasteiger partial charge in [0.1, 0.15) is 13.2 Å². The fraction of sp³-hybridized carbons (Fsp3) is 0.700. The molecule has 0 saturated carbocycles. The van der Waals surface area contributed by atoms with Crippen molar-refractivity contribution < 1.29 is 24.3 Å². The first kappa shape index (κ1) is 14.2. The van der Waals surface area contributed by atoms with Gasteiger partial charge in [0.15, 0.2) is 0 Å². The van der Waals surface area contributed by atoms with Gasteiger partial charge in [-0.15, -0.1) is 0 Å². The minimum absolute atomic E-state index is 0.0888. The number of hydrogen-bond donors (Lipinski definition) is 2. The van der Waals surface area contributed by atoms with E-state index in [1.165, 1.54) is 14.2 Å². The summed E-state index contributed by atoms with van der Waals surface area (Å²) in [4.78, 5) is 28.5. The lowest BCUT2D eigenvalue weighted by Gasteiger charge is -2.19. The van der Waals surface area contributed by atoms with Gasteiger partial charge in [-0.05, 0) is 0 Å². The molecule has 102 valence electrons. The molecule has 8 heteroatoms. The number of methoxy groups -OCH3 is 1. The van der Waals surface area contributed by atoms with E-state index in [0.29, 0.717) is 18.9 Å². The predicted octanol–water partition coefficient (Wildman–Crippen LogP) is -0.496. The Labute approximate surface area is 105 Å². The Kier molecular flexibility index (Phi) is 5.37. The van der Waals surface area contributed by atoms with Crippen LogP contribution in [0.3, 0.4) is 0 Å². The number of ether oxygens (including phenoxy) is 1. The summed E-state index contributed by atoms with van der Waals surface area (Å²) in [5.41, 5.74) is 0.534. The van der Waals surface area contributed by atoms with E-state index in [1.807, 2.05) is 0 Å². The maximum atomic E-state index is 11.8. The van der Waals surface area contributed by atoms with E-state index in [0.717, 1.165) is 4.90 Å². The van der Waals surface area contributed by atoms with Gasteiger partial charge in [0.05, 0.1) is 18.9 Å². The lowest BCUT2D eigenvalue weighted by Crippen LogP contribution is -2.46. The smallest absolute Gasteiger partial charge is 0.408 e. The molecule has 0 aromatic rings. The van der Waals surface area contributed by atoms with Crippen LogP contribution in [-0.2, 0) is 14.4 Å². The maximum absolute atomic E-state index is 11.8. The summed E-state index contributed by atoms with van der Waals surface area (Å²) in [6.07, 6.45) is -0.901. The summed E-state index contributed by atoms with van der Waals surface area (Å²) in [7, 11) is 2.90. The van der Waals surface area contributed by atoms with Gasteiger partial charge in [0.2, 0.25) is 5.91 Å². The van der Waals surface area contributed by atoms with Crippen molar-refractivity contribution in [2.45, 2.75) is 12.5 Å². The SMILES string of the molecule is COCCNC(=O)C1CC(=NOC)CN1C(=O)O. The van der Waals surface area contributed by atoms with E-state index in [1.54, 1.807) is 0 Å². The first-order valence-corrected chi connectivity index (χ1v) is 5.45. The van der Waals surface area contributed by atoms with E-state index in [-0.39, 0.29) is 18.9 Å². The molecule has 0 spiro atoms. The molecule has 1 saturated heterocycles. The molecule has 1 aliphatic rings. The van der Waals surface area contributed by atoms with Crippen LogP contribution in [0.2, 0.25) is 0 Å². The molecule has 1 heterocycles. The molecule has 0 aliphatic carbocycles. The van der Waals surface area contributed by atoms with Crippen LogP contribution in [0, 0.1) is 0 Å². The zero-order valence-corrected chi connectivity index (χ0v) is 10.4. The number of rotatable bonds is 5. The van der Waals surface area contributed by atoms with E-state index in [2.05, 4.69) is 15.3 Å². The topological polar surface area (TPSA) is 100 Å². The molecule has 18 heavy (non-hydrogen) atoms. The van der Waals surface area contributed by atoms with Gasteiger partial charge in [-0.25, -0.2) is 4.79 Å². The average molecular weight is 259 g/mol. The fourth-order valence-electron chi connectivity index (χ4n) is 1.73. The highest BCUT2D eigenvalue weighted by atomic mass is 16.6. The average Bonchev–Trinajstić information content (AvgIpc) is 2.74. The molecule has 1 fully saturated rings. The van der Waals surface area contributed by atoms with Crippen LogP contribution < -0.4 is 5.32 Å². The lowest BCUT2D eigenvalue weighted by atomic mass is 10.2. The van der Waals surface area contributed by atoms with Crippen molar-refractivity contribution in [3.05, 3.63) is 0 Å². The Morgan fingerprint density at radius 2 is 2.28 bits per heavy atom. The number of nitrogens with one attached hydrogen (secondary N) is 1. The second-order valence-corrected chi connectivity index (χ2v) is 3.75. The van der Waals surface area contributed by atoms with Crippen LogP contribution >= 0.6 is 0 Å². The number of nitrogens with zero attached hydrogens (tertiary/aromatic N) is 2. The number of carbonyl (C=O) groups excluding carboxylic acids is 1. The fourth-order valence-corrected chi connectivity index (χ4v) is 1.73.